The van der Waals surface area contributed by atoms with Crippen LogP contribution < -0.4 is 4.74 Å². The summed E-state index contributed by atoms with van der Waals surface area (Å²) in [6, 6.07) is 20.9. The molecule has 1 atom stereocenters. The molecule has 0 fully saturated rings. The summed E-state index contributed by atoms with van der Waals surface area (Å²) in [4.78, 5) is 0. The van der Waals surface area contributed by atoms with Crippen LogP contribution in [0.5, 0.6) is 23.0 Å². The molecule has 0 amide bonds. The van der Waals surface area contributed by atoms with E-state index >= 15 is 0 Å². The number of ether oxygens (including phenoxy) is 1. The molecule has 3 heteroatoms. The van der Waals surface area contributed by atoms with Crippen LogP contribution in [0.15, 0.2) is 66.7 Å². The van der Waals surface area contributed by atoms with E-state index in [9.17, 15) is 10.2 Å². The van der Waals surface area contributed by atoms with Gasteiger partial charge in [-0.05, 0) is 71.8 Å². The van der Waals surface area contributed by atoms with Crippen molar-refractivity contribution in [2.45, 2.75) is 39.0 Å². The predicted octanol–water partition coefficient (Wildman–Crippen LogP) is 6.19. The maximum atomic E-state index is 10.0. The lowest BCUT2D eigenvalue weighted by molar-refractivity contribution is 0.410. The highest BCUT2D eigenvalue weighted by Crippen LogP contribution is 2.32. The Morgan fingerprint density at radius 2 is 1.52 bits per heavy atom. The molecule has 1 unspecified atom stereocenters. The molecule has 0 saturated carbocycles. The first-order valence-electron chi connectivity index (χ1n) is 9.42. The van der Waals surface area contributed by atoms with Gasteiger partial charge in [0.1, 0.15) is 11.5 Å². The zero-order valence-electron chi connectivity index (χ0n) is 15.9. The quantitative estimate of drug-likeness (QED) is 0.527. The van der Waals surface area contributed by atoms with E-state index in [0.29, 0.717) is 23.2 Å². The van der Waals surface area contributed by atoms with Gasteiger partial charge in [-0.2, -0.15) is 0 Å². The van der Waals surface area contributed by atoms with E-state index in [4.69, 9.17) is 4.74 Å². The van der Waals surface area contributed by atoms with Gasteiger partial charge >= 0.3 is 0 Å². The van der Waals surface area contributed by atoms with Crippen LogP contribution in [0.4, 0.5) is 0 Å². The lowest BCUT2D eigenvalue weighted by atomic mass is 9.94. The molecule has 3 aromatic rings. The average Bonchev–Trinajstić information content (AvgIpc) is 2.67. The molecule has 2 N–H and O–H groups in total. The number of phenols is 2. The van der Waals surface area contributed by atoms with Crippen molar-refractivity contribution < 1.29 is 14.9 Å². The van der Waals surface area contributed by atoms with Crippen molar-refractivity contribution in [1.82, 2.24) is 0 Å². The molecule has 0 bridgehead atoms. The number of phenolic OH excluding ortho intramolecular Hbond substituents is 2. The average molecular weight is 362 g/mol. The molecule has 3 nitrogen and oxygen atoms in total. The van der Waals surface area contributed by atoms with E-state index in [1.54, 1.807) is 18.2 Å². The van der Waals surface area contributed by atoms with Gasteiger partial charge in [0.25, 0.3) is 0 Å². The fourth-order valence-electron chi connectivity index (χ4n) is 3.18. The first-order chi connectivity index (χ1) is 13.0. The second-order valence-electron chi connectivity index (χ2n) is 6.99. The maximum absolute atomic E-state index is 10.0. The Kier molecular flexibility index (Phi) is 6.02. The third kappa shape index (κ3) is 5.04. The normalized spacial score (nSPS) is 11.9. The molecule has 0 aliphatic carbocycles. The molecule has 0 aromatic heterocycles. The van der Waals surface area contributed by atoms with Crippen molar-refractivity contribution in [2.24, 2.45) is 0 Å². The van der Waals surface area contributed by atoms with Gasteiger partial charge in [-0.1, -0.05) is 50.6 Å². The second kappa shape index (κ2) is 8.63. The zero-order valence-corrected chi connectivity index (χ0v) is 15.9. The zero-order chi connectivity index (χ0) is 19.2. The molecule has 0 aliphatic heterocycles. The van der Waals surface area contributed by atoms with Gasteiger partial charge in [0.05, 0.1) is 0 Å². The number of rotatable bonds is 7. The van der Waals surface area contributed by atoms with Gasteiger partial charge in [-0.15, -0.1) is 0 Å². The Balaban J connectivity index is 1.67. The largest absolute Gasteiger partial charge is 0.508 e. The van der Waals surface area contributed by atoms with Crippen LogP contribution in [0.1, 0.15) is 42.9 Å². The van der Waals surface area contributed by atoms with Crippen molar-refractivity contribution in [2.75, 3.05) is 0 Å². The first kappa shape index (κ1) is 18.8. The van der Waals surface area contributed by atoms with Crippen molar-refractivity contribution in [3.05, 3.63) is 83.4 Å². The first-order valence-corrected chi connectivity index (χ1v) is 9.42. The predicted molar refractivity (Wildman–Crippen MR) is 109 cm³/mol. The van der Waals surface area contributed by atoms with Crippen molar-refractivity contribution in [1.29, 1.82) is 0 Å². The van der Waals surface area contributed by atoms with E-state index < -0.39 is 0 Å². The van der Waals surface area contributed by atoms with Crippen LogP contribution in [0.3, 0.4) is 0 Å². The summed E-state index contributed by atoms with van der Waals surface area (Å²) >= 11 is 0. The van der Waals surface area contributed by atoms with E-state index in [1.807, 2.05) is 36.4 Å². The number of hydrogen-bond acceptors (Lipinski definition) is 3. The molecule has 0 spiro atoms. The summed E-state index contributed by atoms with van der Waals surface area (Å²) in [5.74, 6) is 2.00. The second-order valence-corrected chi connectivity index (χ2v) is 6.99. The van der Waals surface area contributed by atoms with Crippen LogP contribution in [-0.2, 0) is 12.8 Å². The molecule has 0 radical (unpaired) electrons. The Bertz CT molecular complexity index is 867. The van der Waals surface area contributed by atoms with Gasteiger partial charge < -0.3 is 14.9 Å². The van der Waals surface area contributed by atoms with Crippen LogP contribution in [0.25, 0.3) is 0 Å². The molecular formula is C24H26O3. The monoisotopic (exact) mass is 362 g/mol. The fourth-order valence-corrected chi connectivity index (χ4v) is 3.18. The van der Waals surface area contributed by atoms with Crippen molar-refractivity contribution in [3.63, 3.8) is 0 Å². The summed E-state index contributed by atoms with van der Waals surface area (Å²) in [5, 5.41) is 19.5. The van der Waals surface area contributed by atoms with Crippen LogP contribution in [-0.4, -0.2) is 10.2 Å². The van der Waals surface area contributed by atoms with Crippen molar-refractivity contribution >= 4 is 0 Å². The molecule has 0 heterocycles. The van der Waals surface area contributed by atoms with Crippen LogP contribution in [0, 0.1) is 0 Å². The molecule has 0 aliphatic rings. The molecule has 3 aromatic carbocycles. The standard InChI is InChI=1S/C24H26O3/c1-3-4-18-7-14-23(26)24(16-18)27-22-12-5-19(6-13-22)15-17(2)20-8-10-21(25)11-9-20/h5-14,16-17,25-26H,3-4,15H2,1-2H3. The Labute approximate surface area is 160 Å². The lowest BCUT2D eigenvalue weighted by Gasteiger charge is -2.13. The van der Waals surface area contributed by atoms with E-state index in [1.165, 1.54) is 11.1 Å². The minimum Gasteiger partial charge on any atom is -0.508 e. The third-order valence-electron chi connectivity index (χ3n) is 4.72. The summed E-state index contributed by atoms with van der Waals surface area (Å²) in [7, 11) is 0. The highest BCUT2D eigenvalue weighted by molar-refractivity contribution is 5.45. The van der Waals surface area contributed by atoms with Gasteiger partial charge in [0.2, 0.25) is 0 Å². The maximum Gasteiger partial charge on any atom is 0.169 e. The topological polar surface area (TPSA) is 49.7 Å². The molecular weight excluding hydrogens is 336 g/mol. The third-order valence-corrected chi connectivity index (χ3v) is 4.72. The van der Waals surface area contributed by atoms with Crippen molar-refractivity contribution in [3.8, 4) is 23.0 Å². The number of aromatic hydroxyl groups is 2. The van der Waals surface area contributed by atoms with Gasteiger partial charge in [-0.3, -0.25) is 0 Å². The summed E-state index contributed by atoms with van der Waals surface area (Å²) in [5.41, 5.74) is 3.57. The van der Waals surface area contributed by atoms with Crippen LogP contribution >= 0.6 is 0 Å². The van der Waals surface area contributed by atoms with E-state index in [-0.39, 0.29) is 5.75 Å². The van der Waals surface area contributed by atoms with Gasteiger partial charge in [0.15, 0.2) is 11.5 Å². The Morgan fingerprint density at radius 1 is 0.852 bits per heavy atom. The van der Waals surface area contributed by atoms with Gasteiger partial charge in [-0.25, -0.2) is 0 Å². The number of benzene rings is 3. The summed E-state index contributed by atoms with van der Waals surface area (Å²) in [6.07, 6.45) is 2.92. The Hall–Kier alpha value is -2.94. The molecule has 0 saturated heterocycles. The summed E-state index contributed by atoms with van der Waals surface area (Å²) < 4.78 is 5.88. The SMILES string of the molecule is CCCc1ccc(O)c(Oc2ccc(CC(C)c3ccc(O)cc3)cc2)c1. The number of hydrogen-bond donors (Lipinski definition) is 2. The molecule has 3 rings (SSSR count). The van der Waals surface area contributed by atoms with E-state index in [2.05, 4.69) is 26.0 Å². The van der Waals surface area contributed by atoms with Gasteiger partial charge in [0, 0.05) is 0 Å². The number of aryl methyl sites for hydroxylation is 1. The Morgan fingerprint density at radius 3 is 2.19 bits per heavy atom. The fraction of sp³-hybridized carbons (Fsp3) is 0.250. The van der Waals surface area contributed by atoms with E-state index in [0.717, 1.165) is 24.8 Å². The van der Waals surface area contributed by atoms with Crippen LogP contribution in [0.2, 0.25) is 0 Å². The molecule has 140 valence electrons. The minimum atomic E-state index is 0.153. The molecule has 27 heavy (non-hydrogen) atoms. The summed E-state index contributed by atoms with van der Waals surface area (Å²) in [6.45, 7) is 4.30. The lowest BCUT2D eigenvalue weighted by Crippen LogP contribution is -1.98. The highest BCUT2D eigenvalue weighted by Gasteiger charge is 2.09. The minimum absolute atomic E-state index is 0.153. The smallest absolute Gasteiger partial charge is 0.169 e. The highest BCUT2D eigenvalue weighted by atomic mass is 16.5.